The van der Waals surface area contributed by atoms with Gasteiger partial charge < -0.3 is 15.4 Å². The molecule has 0 aliphatic heterocycles. The number of nitrogen functional groups attached to an aromatic ring is 1. The molecule has 0 aliphatic carbocycles. The van der Waals surface area contributed by atoms with Crippen molar-refractivity contribution in [1.29, 1.82) is 0 Å². The summed E-state index contributed by atoms with van der Waals surface area (Å²) in [6, 6.07) is 12.3. The predicted octanol–water partition coefficient (Wildman–Crippen LogP) is 3.05. The maximum absolute atomic E-state index is 13.3. The summed E-state index contributed by atoms with van der Waals surface area (Å²) in [7, 11) is 3.53. The van der Waals surface area contributed by atoms with Crippen molar-refractivity contribution in [3.8, 4) is 5.75 Å². The monoisotopic (exact) mass is 260 g/mol. The topological polar surface area (TPSA) is 38.5 Å². The van der Waals surface area contributed by atoms with Crippen LogP contribution in [-0.4, -0.2) is 14.2 Å². The Balaban J connectivity index is 2.22. The average molecular weight is 260 g/mol. The van der Waals surface area contributed by atoms with Crippen molar-refractivity contribution >= 4 is 11.4 Å². The summed E-state index contributed by atoms with van der Waals surface area (Å²) in [6.07, 6.45) is 0. The normalized spacial score (nSPS) is 10.3. The first-order chi connectivity index (χ1) is 9.10. The summed E-state index contributed by atoms with van der Waals surface area (Å²) >= 11 is 0. The minimum atomic E-state index is -0.332. The second kappa shape index (κ2) is 5.61. The Morgan fingerprint density at radius 3 is 2.63 bits per heavy atom. The van der Waals surface area contributed by atoms with E-state index in [1.807, 2.05) is 36.2 Å². The summed E-state index contributed by atoms with van der Waals surface area (Å²) in [5.41, 5.74) is 7.85. The molecule has 2 rings (SSSR count). The first-order valence-corrected chi connectivity index (χ1v) is 5.99. The van der Waals surface area contributed by atoms with Crippen molar-refractivity contribution in [2.24, 2.45) is 0 Å². The van der Waals surface area contributed by atoms with Crippen LogP contribution in [0, 0.1) is 5.82 Å². The number of hydrogen-bond acceptors (Lipinski definition) is 3. The summed E-state index contributed by atoms with van der Waals surface area (Å²) in [6.45, 7) is 0.618. The molecule has 0 saturated carbocycles. The average Bonchev–Trinajstić information content (AvgIpc) is 2.38. The third kappa shape index (κ3) is 3.16. The number of rotatable bonds is 4. The Kier molecular flexibility index (Phi) is 3.90. The molecule has 2 aromatic rings. The van der Waals surface area contributed by atoms with E-state index in [9.17, 15) is 4.39 Å². The number of anilines is 2. The minimum absolute atomic E-state index is 0.332. The number of nitrogens with zero attached hydrogens (tertiary/aromatic N) is 1. The first-order valence-electron chi connectivity index (χ1n) is 5.99. The van der Waals surface area contributed by atoms with Crippen LogP contribution in [0.1, 0.15) is 5.56 Å². The van der Waals surface area contributed by atoms with Crippen LogP contribution in [0.5, 0.6) is 5.75 Å². The van der Waals surface area contributed by atoms with Gasteiger partial charge in [0.1, 0.15) is 11.6 Å². The van der Waals surface area contributed by atoms with Gasteiger partial charge in [-0.1, -0.05) is 18.2 Å². The van der Waals surface area contributed by atoms with Gasteiger partial charge >= 0.3 is 0 Å². The van der Waals surface area contributed by atoms with Crippen LogP contribution in [0.3, 0.4) is 0 Å². The second-order valence-corrected chi connectivity index (χ2v) is 4.41. The Hall–Kier alpha value is -2.23. The summed E-state index contributed by atoms with van der Waals surface area (Å²) in [5, 5.41) is 0. The van der Waals surface area contributed by atoms with Crippen LogP contribution < -0.4 is 15.4 Å². The van der Waals surface area contributed by atoms with Gasteiger partial charge in [-0.2, -0.15) is 0 Å². The molecule has 0 saturated heterocycles. The summed E-state index contributed by atoms with van der Waals surface area (Å²) in [5.74, 6) is 0.487. The van der Waals surface area contributed by atoms with Gasteiger partial charge in [0.15, 0.2) is 0 Å². The highest BCUT2D eigenvalue weighted by Gasteiger charge is 2.08. The van der Waals surface area contributed by atoms with Crippen LogP contribution >= 0.6 is 0 Å². The van der Waals surface area contributed by atoms with Gasteiger partial charge in [0.25, 0.3) is 0 Å². The molecule has 0 fully saturated rings. The molecule has 19 heavy (non-hydrogen) atoms. The lowest BCUT2D eigenvalue weighted by Gasteiger charge is -2.21. The molecule has 3 nitrogen and oxygen atoms in total. The van der Waals surface area contributed by atoms with Crippen molar-refractivity contribution in [2.75, 3.05) is 24.8 Å². The highest BCUT2D eigenvalue weighted by Crippen LogP contribution is 2.24. The van der Waals surface area contributed by atoms with E-state index >= 15 is 0 Å². The van der Waals surface area contributed by atoms with E-state index in [2.05, 4.69) is 0 Å². The zero-order valence-corrected chi connectivity index (χ0v) is 11.1. The lowest BCUT2D eigenvalue weighted by molar-refractivity contribution is 0.409. The maximum Gasteiger partial charge on any atom is 0.127 e. The van der Waals surface area contributed by atoms with Crippen molar-refractivity contribution in [3.63, 3.8) is 0 Å². The second-order valence-electron chi connectivity index (χ2n) is 4.41. The molecule has 0 amide bonds. The quantitative estimate of drug-likeness (QED) is 0.859. The molecule has 2 aromatic carbocycles. The number of methoxy groups -OCH3 is 1. The van der Waals surface area contributed by atoms with E-state index in [0.717, 1.165) is 17.0 Å². The van der Waals surface area contributed by atoms with E-state index in [1.165, 1.54) is 12.1 Å². The smallest absolute Gasteiger partial charge is 0.127 e. The van der Waals surface area contributed by atoms with Gasteiger partial charge in [0, 0.05) is 30.5 Å². The Morgan fingerprint density at radius 2 is 1.95 bits per heavy atom. The Morgan fingerprint density at radius 1 is 1.21 bits per heavy atom. The molecule has 0 spiro atoms. The molecule has 2 N–H and O–H groups in total. The van der Waals surface area contributed by atoms with Gasteiger partial charge in [-0.3, -0.25) is 0 Å². The number of halogens is 1. The zero-order chi connectivity index (χ0) is 13.8. The van der Waals surface area contributed by atoms with E-state index in [-0.39, 0.29) is 5.82 Å². The summed E-state index contributed by atoms with van der Waals surface area (Å²) < 4.78 is 18.6. The number of ether oxygens (including phenoxy) is 1. The van der Waals surface area contributed by atoms with Crippen LogP contribution in [-0.2, 0) is 6.54 Å². The first kappa shape index (κ1) is 13.2. The highest BCUT2D eigenvalue weighted by atomic mass is 19.1. The fourth-order valence-corrected chi connectivity index (χ4v) is 2.00. The Labute approximate surface area is 112 Å². The molecule has 0 aromatic heterocycles. The molecule has 0 bridgehead atoms. The number of para-hydroxylation sites is 1. The van der Waals surface area contributed by atoms with Gasteiger partial charge in [-0.25, -0.2) is 4.39 Å². The van der Waals surface area contributed by atoms with Crippen LogP contribution in [0.2, 0.25) is 0 Å². The zero-order valence-electron chi connectivity index (χ0n) is 11.1. The molecular weight excluding hydrogens is 243 g/mol. The fraction of sp³-hybridized carbons (Fsp3) is 0.200. The molecular formula is C15H17FN2O. The lowest BCUT2D eigenvalue weighted by Crippen LogP contribution is -2.17. The van der Waals surface area contributed by atoms with E-state index in [1.54, 1.807) is 13.2 Å². The van der Waals surface area contributed by atoms with E-state index in [4.69, 9.17) is 10.5 Å². The van der Waals surface area contributed by atoms with Crippen molar-refractivity contribution in [1.82, 2.24) is 0 Å². The molecule has 100 valence electrons. The van der Waals surface area contributed by atoms with Gasteiger partial charge in [-0.05, 0) is 24.3 Å². The highest BCUT2D eigenvalue weighted by molar-refractivity contribution is 5.56. The molecule has 0 heterocycles. The SMILES string of the molecule is COc1ccccc1CN(C)c1cc(N)cc(F)c1. The van der Waals surface area contributed by atoms with Gasteiger partial charge in [-0.15, -0.1) is 0 Å². The molecule has 0 atom stereocenters. The Bertz CT molecular complexity index is 552. The maximum atomic E-state index is 13.3. The molecule has 0 unspecified atom stereocenters. The fourth-order valence-electron chi connectivity index (χ4n) is 2.00. The lowest BCUT2D eigenvalue weighted by atomic mass is 10.1. The van der Waals surface area contributed by atoms with Crippen molar-refractivity contribution in [2.45, 2.75) is 6.54 Å². The molecule has 0 radical (unpaired) electrons. The predicted molar refractivity (Wildman–Crippen MR) is 75.9 cm³/mol. The van der Waals surface area contributed by atoms with Crippen LogP contribution in [0.15, 0.2) is 42.5 Å². The largest absolute Gasteiger partial charge is 0.496 e. The third-order valence-electron chi connectivity index (χ3n) is 2.95. The van der Waals surface area contributed by atoms with E-state index < -0.39 is 0 Å². The van der Waals surface area contributed by atoms with Crippen molar-refractivity contribution in [3.05, 3.63) is 53.8 Å². The van der Waals surface area contributed by atoms with Crippen LogP contribution in [0.25, 0.3) is 0 Å². The summed E-state index contributed by atoms with van der Waals surface area (Å²) in [4.78, 5) is 1.93. The minimum Gasteiger partial charge on any atom is -0.496 e. The number of hydrogen-bond donors (Lipinski definition) is 1. The third-order valence-corrected chi connectivity index (χ3v) is 2.95. The van der Waals surface area contributed by atoms with Gasteiger partial charge in [0.05, 0.1) is 7.11 Å². The molecule has 4 heteroatoms. The number of benzene rings is 2. The van der Waals surface area contributed by atoms with Gasteiger partial charge in [0.2, 0.25) is 0 Å². The van der Waals surface area contributed by atoms with Crippen LogP contribution in [0.4, 0.5) is 15.8 Å². The number of nitrogens with two attached hydrogens (primary N) is 1. The van der Waals surface area contributed by atoms with Crippen molar-refractivity contribution < 1.29 is 9.13 Å². The van der Waals surface area contributed by atoms with E-state index in [0.29, 0.717) is 12.2 Å². The molecule has 0 aliphatic rings. The standard InChI is InChI=1S/C15H17FN2O/c1-18(14-8-12(16)7-13(17)9-14)10-11-5-3-4-6-15(11)19-2/h3-9H,10,17H2,1-2H3.